The Morgan fingerprint density at radius 1 is 1.32 bits per heavy atom. The van der Waals surface area contributed by atoms with Gasteiger partial charge in [-0.2, -0.15) is 0 Å². The van der Waals surface area contributed by atoms with E-state index in [2.05, 4.69) is 10.1 Å². The summed E-state index contributed by atoms with van der Waals surface area (Å²) in [5.74, 6) is -0.532. The molecule has 104 valence electrons. The molecule has 19 heavy (non-hydrogen) atoms. The second-order valence-electron chi connectivity index (χ2n) is 4.21. The lowest BCUT2D eigenvalue weighted by Crippen LogP contribution is -2.15. The minimum absolute atomic E-state index is 0.0483. The van der Waals surface area contributed by atoms with Crippen LogP contribution >= 0.6 is 0 Å². The Bertz CT molecular complexity index is 445. The maximum Gasteiger partial charge on any atom is 0.337 e. The number of nitrogens with one attached hydrogen (secondary N) is 1. The molecule has 1 atom stereocenters. The van der Waals surface area contributed by atoms with Crippen LogP contribution in [0.25, 0.3) is 0 Å². The summed E-state index contributed by atoms with van der Waals surface area (Å²) in [4.78, 5) is 23.1. The van der Waals surface area contributed by atoms with Gasteiger partial charge in [-0.15, -0.1) is 0 Å². The third-order valence-corrected chi connectivity index (χ3v) is 2.75. The molecule has 1 unspecified atom stereocenters. The van der Waals surface area contributed by atoms with E-state index in [0.29, 0.717) is 24.1 Å². The van der Waals surface area contributed by atoms with Crippen molar-refractivity contribution < 1.29 is 19.1 Å². The molecule has 0 aliphatic heterocycles. The number of hydrogen-bond acceptors (Lipinski definition) is 4. The quantitative estimate of drug-likeness (QED) is 0.801. The highest BCUT2D eigenvalue weighted by atomic mass is 16.5. The number of benzene rings is 1. The summed E-state index contributed by atoms with van der Waals surface area (Å²) in [6, 6.07) is 6.64. The predicted octanol–water partition coefficient (Wildman–Crippen LogP) is 2.23. The fraction of sp³-hybridized carbons (Fsp3) is 0.429. The van der Waals surface area contributed by atoms with E-state index in [-0.39, 0.29) is 12.0 Å². The number of esters is 1. The van der Waals surface area contributed by atoms with Gasteiger partial charge in [0.25, 0.3) is 0 Å². The highest BCUT2D eigenvalue weighted by molar-refractivity contribution is 5.94. The molecule has 5 nitrogen and oxygen atoms in total. The molecule has 0 bridgehead atoms. The van der Waals surface area contributed by atoms with Crippen molar-refractivity contribution in [3.05, 3.63) is 29.8 Å². The van der Waals surface area contributed by atoms with Crippen LogP contribution < -0.4 is 5.32 Å². The Morgan fingerprint density at radius 3 is 2.68 bits per heavy atom. The molecule has 0 aromatic heterocycles. The van der Waals surface area contributed by atoms with Crippen molar-refractivity contribution in [1.82, 2.24) is 0 Å². The third kappa shape index (κ3) is 5.09. The maximum atomic E-state index is 11.7. The van der Waals surface area contributed by atoms with Gasteiger partial charge in [0, 0.05) is 19.2 Å². The lowest BCUT2D eigenvalue weighted by Gasteiger charge is -2.10. The van der Waals surface area contributed by atoms with Gasteiger partial charge in [-0.05, 0) is 31.5 Å². The number of hydrogen-bond donors (Lipinski definition) is 1. The summed E-state index contributed by atoms with van der Waals surface area (Å²) < 4.78 is 9.70. The first kappa shape index (κ1) is 15.2. The Balaban J connectivity index is 2.57. The largest absolute Gasteiger partial charge is 0.465 e. The average molecular weight is 265 g/mol. The monoisotopic (exact) mass is 265 g/mol. The Labute approximate surface area is 112 Å². The van der Waals surface area contributed by atoms with Gasteiger partial charge in [-0.1, -0.05) is 6.07 Å². The number of ether oxygens (including phenoxy) is 2. The van der Waals surface area contributed by atoms with Crippen molar-refractivity contribution in [1.29, 1.82) is 0 Å². The first-order valence-electron chi connectivity index (χ1n) is 6.08. The molecule has 0 saturated heterocycles. The predicted molar refractivity (Wildman–Crippen MR) is 72.1 cm³/mol. The van der Waals surface area contributed by atoms with Crippen LogP contribution in [0, 0.1) is 0 Å². The van der Waals surface area contributed by atoms with Gasteiger partial charge in [0.1, 0.15) is 0 Å². The fourth-order valence-electron chi connectivity index (χ4n) is 1.52. The molecular formula is C14H19NO4. The first-order valence-corrected chi connectivity index (χ1v) is 6.08. The van der Waals surface area contributed by atoms with Gasteiger partial charge in [0.05, 0.1) is 18.8 Å². The van der Waals surface area contributed by atoms with E-state index in [1.54, 1.807) is 31.4 Å². The van der Waals surface area contributed by atoms with Gasteiger partial charge in [0.2, 0.25) is 5.91 Å². The van der Waals surface area contributed by atoms with Crippen molar-refractivity contribution >= 4 is 17.6 Å². The molecule has 0 fully saturated rings. The highest BCUT2D eigenvalue weighted by Gasteiger charge is 2.09. The molecule has 1 aromatic rings. The first-order chi connectivity index (χ1) is 9.06. The zero-order valence-electron chi connectivity index (χ0n) is 11.4. The van der Waals surface area contributed by atoms with Crippen LogP contribution in [0.4, 0.5) is 5.69 Å². The number of anilines is 1. The number of rotatable bonds is 6. The van der Waals surface area contributed by atoms with Crippen molar-refractivity contribution in [3.8, 4) is 0 Å². The van der Waals surface area contributed by atoms with Crippen LogP contribution in [0.3, 0.4) is 0 Å². The zero-order valence-corrected chi connectivity index (χ0v) is 11.4. The lowest BCUT2D eigenvalue weighted by molar-refractivity contribution is -0.116. The van der Waals surface area contributed by atoms with E-state index in [1.807, 2.05) is 6.92 Å². The molecule has 0 radical (unpaired) electrons. The van der Waals surface area contributed by atoms with Crippen molar-refractivity contribution in [2.45, 2.75) is 25.9 Å². The summed E-state index contributed by atoms with van der Waals surface area (Å²) in [6.45, 7) is 1.91. The summed E-state index contributed by atoms with van der Waals surface area (Å²) >= 11 is 0. The summed E-state index contributed by atoms with van der Waals surface area (Å²) in [5, 5.41) is 2.74. The SMILES string of the molecule is COC(=O)c1cccc(NC(=O)CCC(C)OC)c1. The topological polar surface area (TPSA) is 64.6 Å². The van der Waals surface area contributed by atoms with E-state index in [4.69, 9.17) is 4.74 Å². The molecule has 0 spiro atoms. The van der Waals surface area contributed by atoms with Gasteiger partial charge < -0.3 is 14.8 Å². The van der Waals surface area contributed by atoms with Crippen molar-refractivity contribution in [2.75, 3.05) is 19.5 Å². The number of amides is 1. The molecular weight excluding hydrogens is 246 g/mol. The molecule has 1 amide bonds. The van der Waals surface area contributed by atoms with Crippen molar-refractivity contribution in [3.63, 3.8) is 0 Å². The Morgan fingerprint density at radius 2 is 2.05 bits per heavy atom. The second kappa shape index (κ2) is 7.53. The van der Waals surface area contributed by atoms with Crippen LogP contribution in [0.15, 0.2) is 24.3 Å². The average Bonchev–Trinajstić information content (AvgIpc) is 2.44. The van der Waals surface area contributed by atoms with Crippen LogP contribution in [0.1, 0.15) is 30.1 Å². The smallest absolute Gasteiger partial charge is 0.337 e. The fourth-order valence-corrected chi connectivity index (χ4v) is 1.52. The van der Waals surface area contributed by atoms with Crippen LogP contribution in [0.2, 0.25) is 0 Å². The van der Waals surface area contributed by atoms with E-state index >= 15 is 0 Å². The Hall–Kier alpha value is -1.88. The minimum Gasteiger partial charge on any atom is -0.465 e. The second-order valence-corrected chi connectivity index (χ2v) is 4.21. The Kier molecular flexibility index (Phi) is 6.02. The van der Waals surface area contributed by atoms with E-state index in [1.165, 1.54) is 7.11 Å². The van der Waals surface area contributed by atoms with E-state index in [0.717, 1.165) is 0 Å². The summed E-state index contributed by atoms with van der Waals surface area (Å²) in [5.41, 5.74) is 0.989. The summed E-state index contributed by atoms with van der Waals surface area (Å²) in [6.07, 6.45) is 1.07. The number of carbonyl (C=O) groups excluding carboxylic acids is 2. The van der Waals surface area contributed by atoms with Crippen molar-refractivity contribution in [2.24, 2.45) is 0 Å². The number of carbonyl (C=O) groups is 2. The summed E-state index contributed by atoms with van der Waals surface area (Å²) in [7, 11) is 2.93. The van der Waals surface area contributed by atoms with Gasteiger partial charge in [-0.25, -0.2) is 4.79 Å². The maximum absolute atomic E-state index is 11.7. The lowest BCUT2D eigenvalue weighted by atomic mass is 10.2. The van der Waals surface area contributed by atoms with Gasteiger partial charge >= 0.3 is 5.97 Å². The molecule has 0 aliphatic carbocycles. The molecule has 1 aromatic carbocycles. The van der Waals surface area contributed by atoms with Gasteiger partial charge in [-0.3, -0.25) is 4.79 Å². The molecule has 0 saturated carbocycles. The van der Waals surface area contributed by atoms with Crippen LogP contribution in [-0.4, -0.2) is 32.2 Å². The van der Waals surface area contributed by atoms with Gasteiger partial charge in [0.15, 0.2) is 0 Å². The number of methoxy groups -OCH3 is 2. The van der Waals surface area contributed by atoms with E-state index < -0.39 is 5.97 Å². The van der Waals surface area contributed by atoms with Crippen LogP contribution in [0.5, 0.6) is 0 Å². The normalized spacial score (nSPS) is 11.7. The molecule has 0 aliphatic rings. The highest BCUT2D eigenvalue weighted by Crippen LogP contribution is 2.12. The molecule has 1 rings (SSSR count). The molecule has 1 N–H and O–H groups in total. The molecule has 0 heterocycles. The third-order valence-electron chi connectivity index (χ3n) is 2.75. The molecule has 5 heteroatoms. The minimum atomic E-state index is -0.427. The van der Waals surface area contributed by atoms with Crippen LogP contribution in [-0.2, 0) is 14.3 Å². The van der Waals surface area contributed by atoms with E-state index in [9.17, 15) is 9.59 Å². The zero-order chi connectivity index (χ0) is 14.3. The standard InChI is InChI=1S/C14H19NO4/c1-10(18-2)7-8-13(16)15-12-6-4-5-11(9-12)14(17)19-3/h4-6,9-10H,7-8H2,1-3H3,(H,15,16).